The lowest BCUT2D eigenvalue weighted by Crippen LogP contribution is -2.31. The van der Waals surface area contributed by atoms with Gasteiger partial charge in [0.05, 0.1) is 29.8 Å². The molecule has 150 valence electrons. The first-order valence-electron chi connectivity index (χ1n) is 9.07. The molecule has 9 nitrogen and oxygen atoms in total. The predicted molar refractivity (Wildman–Crippen MR) is 113 cm³/mol. The SMILES string of the molecule is CN=C(CC=N)c1nc(NC(=O)NC(C)c2ccccc2)cc2[nH]nc(OC)c12. The lowest BCUT2D eigenvalue weighted by molar-refractivity contribution is 0.249. The van der Waals surface area contributed by atoms with Crippen LogP contribution in [-0.4, -0.2) is 47.3 Å². The van der Waals surface area contributed by atoms with Crippen molar-refractivity contribution in [1.82, 2.24) is 20.5 Å². The van der Waals surface area contributed by atoms with E-state index in [0.29, 0.717) is 40.4 Å². The minimum absolute atomic E-state index is 0.169. The number of pyridine rings is 1. The summed E-state index contributed by atoms with van der Waals surface area (Å²) >= 11 is 0. The lowest BCUT2D eigenvalue weighted by atomic mass is 10.1. The number of methoxy groups -OCH3 is 1. The first-order chi connectivity index (χ1) is 14.1. The summed E-state index contributed by atoms with van der Waals surface area (Å²) in [5, 5.41) is 20.7. The van der Waals surface area contributed by atoms with Crippen LogP contribution in [0.1, 0.15) is 30.6 Å². The maximum atomic E-state index is 12.5. The Morgan fingerprint density at radius 3 is 2.79 bits per heavy atom. The van der Waals surface area contributed by atoms with Gasteiger partial charge in [0.1, 0.15) is 11.5 Å². The predicted octanol–water partition coefficient (Wildman–Crippen LogP) is 3.31. The molecule has 0 spiro atoms. The molecule has 0 fully saturated rings. The number of H-pyrrole nitrogens is 1. The molecule has 0 saturated carbocycles. The van der Waals surface area contributed by atoms with Crippen LogP contribution in [0.5, 0.6) is 5.88 Å². The Hall–Kier alpha value is -3.75. The number of aliphatic imine (C=N–C) groups is 1. The fourth-order valence-electron chi connectivity index (χ4n) is 3.00. The summed E-state index contributed by atoms with van der Waals surface area (Å²) in [5.41, 5.74) is 2.73. The first-order valence-corrected chi connectivity index (χ1v) is 9.07. The number of benzene rings is 1. The van der Waals surface area contributed by atoms with Crippen molar-refractivity contribution in [3.8, 4) is 5.88 Å². The number of urea groups is 1. The van der Waals surface area contributed by atoms with E-state index < -0.39 is 0 Å². The van der Waals surface area contributed by atoms with E-state index >= 15 is 0 Å². The van der Waals surface area contributed by atoms with Crippen molar-refractivity contribution < 1.29 is 9.53 Å². The normalized spacial score (nSPS) is 12.4. The number of rotatable bonds is 7. The van der Waals surface area contributed by atoms with E-state index in [0.717, 1.165) is 5.56 Å². The average molecular weight is 393 g/mol. The van der Waals surface area contributed by atoms with Crippen molar-refractivity contribution in [3.63, 3.8) is 0 Å². The molecule has 9 heteroatoms. The molecule has 4 N–H and O–H groups in total. The summed E-state index contributed by atoms with van der Waals surface area (Å²) < 4.78 is 5.31. The van der Waals surface area contributed by atoms with Gasteiger partial charge < -0.3 is 15.5 Å². The number of nitrogens with one attached hydrogen (secondary N) is 4. The van der Waals surface area contributed by atoms with E-state index in [9.17, 15) is 4.79 Å². The van der Waals surface area contributed by atoms with Gasteiger partial charge in [-0.05, 0) is 12.5 Å². The average Bonchev–Trinajstić information content (AvgIpc) is 3.15. The van der Waals surface area contributed by atoms with Crippen molar-refractivity contribution in [2.75, 3.05) is 19.5 Å². The first kappa shape index (κ1) is 20.0. The van der Waals surface area contributed by atoms with Gasteiger partial charge in [-0.25, -0.2) is 9.78 Å². The topological polar surface area (TPSA) is 128 Å². The molecule has 2 aromatic heterocycles. The molecule has 29 heavy (non-hydrogen) atoms. The Balaban J connectivity index is 1.89. The van der Waals surface area contributed by atoms with Crippen LogP contribution in [0.3, 0.4) is 0 Å². The van der Waals surface area contributed by atoms with Gasteiger partial charge in [0, 0.05) is 25.7 Å². The zero-order chi connectivity index (χ0) is 20.8. The summed E-state index contributed by atoms with van der Waals surface area (Å²) in [6.45, 7) is 1.91. The van der Waals surface area contributed by atoms with Crippen LogP contribution in [0, 0.1) is 5.41 Å². The highest BCUT2D eigenvalue weighted by Crippen LogP contribution is 2.28. The van der Waals surface area contributed by atoms with Crippen molar-refractivity contribution in [2.24, 2.45) is 4.99 Å². The summed E-state index contributed by atoms with van der Waals surface area (Å²) in [6, 6.07) is 10.8. The maximum Gasteiger partial charge on any atom is 0.320 e. The molecule has 0 bridgehead atoms. The molecule has 1 atom stereocenters. The molecule has 3 aromatic rings. The number of anilines is 1. The summed E-state index contributed by atoms with van der Waals surface area (Å²) in [6.07, 6.45) is 1.55. The van der Waals surface area contributed by atoms with E-state index in [1.807, 2.05) is 37.3 Å². The Labute approximate surface area is 168 Å². The minimum Gasteiger partial charge on any atom is -0.479 e. The summed E-state index contributed by atoms with van der Waals surface area (Å²) in [7, 11) is 3.15. The third-order valence-corrected chi connectivity index (χ3v) is 4.43. The van der Waals surface area contributed by atoms with Crippen molar-refractivity contribution >= 4 is 34.7 Å². The Bertz CT molecular complexity index is 1040. The molecule has 0 aliphatic carbocycles. The summed E-state index contributed by atoms with van der Waals surface area (Å²) in [4.78, 5) is 21.3. The quantitative estimate of drug-likeness (QED) is 0.459. The number of ether oxygens (including phenoxy) is 1. The van der Waals surface area contributed by atoms with Crippen LogP contribution < -0.4 is 15.4 Å². The highest BCUT2D eigenvalue weighted by atomic mass is 16.5. The zero-order valence-corrected chi connectivity index (χ0v) is 16.5. The molecule has 2 heterocycles. The maximum absolute atomic E-state index is 12.5. The van der Waals surface area contributed by atoms with Gasteiger partial charge in [0.2, 0.25) is 5.88 Å². The van der Waals surface area contributed by atoms with Crippen LogP contribution in [0.25, 0.3) is 10.9 Å². The van der Waals surface area contributed by atoms with E-state index in [1.54, 1.807) is 13.1 Å². The second-order valence-electron chi connectivity index (χ2n) is 6.32. The van der Waals surface area contributed by atoms with E-state index in [2.05, 4.69) is 30.8 Å². The van der Waals surface area contributed by atoms with Crippen LogP contribution in [-0.2, 0) is 0 Å². The van der Waals surface area contributed by atoms with Crippen LogP contribution in [0.2, 0.25) is 0 Å². The number of nitrogens with zero attached hydrogens (tertiary/aromatic N) is 3. The van der Waals surface area contributed by atoms with Crippen molar-refractivity contribution in [3.05, 3.63) is 47.7 Å². The number of fused-ring (bicyclic) bond motifs is 1. The number of aromatic nitrogens is 3. The lowest BCUT2D eigenvalue weighted by Gasteiger charge is -2.15. The van der Waals surface area contributed by atoms with Gasteiger partial charge in [-0.2, -0.15) is 0 Å². The van der Waals surface area contributed by atoms with Crippen LogP contribution in [0.15, 0.2) is 41.4 Å². The fraction of sp³-hybridized carbons (Fsp3) is 0.250. The second kappa shape index (κ2) is 8.96. The van der Waals surface area contributed by atoms with Crippen molar-refractivity contribution in [2.45, 2.75) is 19.4 Å². The molecule has 0 aliphatic heterocycles. The van der Waals surface area contributed by atoms with Crippen LogP contribution >= 0.6 is 0 Å². The number of hydrogen-bond acceptors (Lipinski definition) is 6. The van der Waals surface area contributed by atoms with E-state index in [4.69, 9.17) is 10.1 Å². The van der Waals surface area contributed by atoms with E-state index in [1.165, 1.54) is 13.3 Å². The number of carbonyl (C=O) groups is 1. The van der Waals surface area contributed by atoms with Gasteiger partial charge >= 0.3 is 6.03 Å². The molecular formula is C20H23N7O2. The van der Waals surface area contributed by atoms with Crippen molar-refractivity contribution in [1.29, 1.82) is 5.41 Å². The number of carbonyl (C=O) groups excluding carboxylic acids is 1. The molecule has 3 rings (SSSR count). The highest BCUT2D eigenvalue weighted by Gasteiger charge is 2.19. The Morgan fingerprint density at radius 1 is 1.38 bits per heavy atom. The van der Waals surface area contributed by atoms with E-state index in [-0.39, 0.29) is 12.1 Å². The monoisotopic (exact) mass is 393 g/mol. The zero-order valence-electron chi connectivity index (χ0n) is 16.5. The highest BCUT2D eigenvalue weighted by molar-refractivity contribution is 6.14. The Morgan fingerprint density at radius 2 is 2.14 bits per heavy atom. The molecule has 2 amide bonds. The molecule has 0 aliphatic rings. The number of hydrogen-bond donors (Lipinski definition) is 4. The smallest absolute Gasteiger partial charge is 0.320 e. The van der Waals surface area contributed by atoms with Crippen LogP contribution in [0.4, 0.5) is 10.6 Å². The molecule has 0 radical (unpaired) electrons. The molecule has 0 saturated heterocycles. The number of amides is 2. The minimum atomic E-state index is -0.382. The summed E-state index contributed by atoms with van der Waals surface area (Å²) in [5.74, 6) is 0.713. The van der Waals surface area contributed by atoms with Gasteiger partial charge in [0.25, 0.3) is 0 Å². The van der Waals surface area contributed by atoms with Gasteiger partial charge in [-0.3, -0.25) is 15.4 Å². The second-order valence-corrected chi connectivity index (χ2v) is 6.32. The largest absolute Gasteiger partial charge is 0.479 e. The molecular weight excluding hydrogens is 370 g/mol. The van der Waals surface area contributed by atoms with Gasteiger partial charge in [-0.15, -0.1) is 5.10 Å². The van der Waals surface area contributed by atoms with Gasteiger partial charge in [0.15, 0.2) is 0 Å². The third kappa shape index (κ3) is 4.40. The molecule has 1 unspecified atom stereocenters. The Kier molecular flexibility index (Phi) is 6.18. The molecule has 1 aromatic carbocycles. The number of aromatic amines is 1. The fourth-order valence-corrected chi connectivity index (χ4v) is 3.00. The third-order valence-electron chi connectivity index (χ3n) is 4.43. The van der Waals surface area contributed by atoms with Gasteiger partial charge in [-0.1, -0.05) is 30.3 Å². The standard InChI is InChI=1S/C20H23N7O2/c1-12(13-7-5-4-6-8-13)23-20(28)25-16-11-15-17(19(29-3)27-26-15)18(24-16)14(22-2)9-10-21/h4-8,10-12,21H,9H2,1-3H3,(H,26,27)(H2,23,24,25,28).